The number of hydrogen-bond donors (Lipinski definition) is 1. The predicted octanol–water partition coefficient (Wildman–Crippen LogP) is 0.610. The summed E-state index contributed by atoms with van der Waals surface area (Å²) < 4.78 is 42.1. The van der Waals surface area contributed by atoms with Crippen molar-refractivity contribution in [2.75, 3.05) is 12.9 Å². The van der Waals surface area contributed by atoms with Gasteiger partial charge in [-0.3, -0.25) is 0 Å². The first-order valence-corrected chi connectivity index (χ1v) is 6.43. The Morgan fingerprint density at radius 3 is 2.75 bits per heavy atom. The van der Waals surface area contributed by atoms with Crippen molar-refractivity contribution < 1.29 is 69.1 Å². The molecule has 0 spiro atoms. The molecule has 0 unspecified atom stereocenters. The minimum absolute atomic E-state index is 0. The van der Waals surface area contributed by atoms with E-state index in [9.17, 15) is 12.9 Å². The van der Waals surface area contributed by atoms with Crippen LogP contribution >= 0.6 is 11.8 Å². The zero-order chi connectivity index (χ0) is 14.0. The van der Waals surface area contributed by atoms with E-state index in [0.29, 0.717) is 16.4 Å². The number of aromatic amines is 1. The molecule has 0 aliphatic heterocycles. The SMILES string of the molecule is C=C(CSc1nc2ccc(OC)cc2[nH]1)[B-](F)(F)F.[K+]. The van der Waals surface area contributed by atoms with Crippen molar-refractivity contribution in [3.8, 4) is 5.75 Å². The summed E-state index contributed by atoms with van der Waals surface area (Å²) in [5.41, 5.74) is 0.694. The van der Waals surface area contributed by atoms with Crippen molar-refractivity contribution in [3.05, 3.63) is 30.3 Å². The van der Waals surface area contributed by atoms with Crippen molar-refractivity contribution in [2.24, 2.45) is 0 Å². The number of rotatable bonds is 5. The third kappa shape index (κ3) is 4.54. The van der Waals surface area contributed by atoms with Gasteiger partial charge in [0, 0.05) is 6.07 Å². The molecule has 0 aliphatic carbocycles. The topological polar surface area (TPSA) is 37.9 Å². The fourth-order valence-electron chi connectivity index (χ4n) is 1.42. The van der Waals surface area contributed by atoms with Crippen molar-refractivity contribution in [2.45, 2.75) is 5.16 Å². The summed E-state index contributed by atoms with van der Waals surface area (Å²) in [7, 11) is 1.54. The van der Waals surface area contributed by atoms with E-state index < -0.39 is 12.4 Å². The second-order valence-electron chi connectivity index (χ2n) is 3.95. The first-order valence-electron chi connectivity index (χ1n) is 5.44. The third-order valence-electron chi connectivity index (χ3n) is 2.52. The molecule has 0 bridgehead atoms. The first-order chi connectivity index (χ1) is 8.90. The maximum Gasteiger partial charge on any atom is 1.00 e. The minimum atomic E-state index is -4.98. The largest absolute Gasteiger partial charge is 1.00 e. The van der Waals surface area contributed by atoms with Gasteiger partial charge >= 0.3 is 58.4 Å². The van der Waals surface area contributed by atoms with Gasteiger partial charge in [-0.2, -0.15) is 0 Å². The van der Waals surface area contributed by atoms with E-state index in [1.807, 2.05) is 0 Å². The molecule has 20 heavy (non-hydrogen) atoms. The Morgan fingerprint density at radius 2 is 2.15 bits per heavy atom. The van der Waals surface area contributed by atoms with Gasteiger partial charge in [0.15, 0.2) is 5.16 Å². The summed E-state index contributed by atoms with van der Waals surface area (Å²) in [5.74, 6) is 0.441. The Bertz CT molecular complexity index is 617. The summed E-state index contributed by atoms with van der Waals surface area (Å²) in [4.78, 5) is 7.14. The average Bonchev–Trinajstić information content (AvgIpc) is 2.76. The van der Waals surface area contributed by atoms with Crippen LogP contribution in [0.2, 0.25) is 0 Å². The molecule has 0 fully saturated rings. The summed E-state index contributed by atoms with van der Waals surface area (Å²) >= 11 is 0.983. The van der Waals surface area contributed by atoms with Crippen LogP contribution in [0.4, 0.5) is 12.9 Å². The molecular formula is C11H11BF3KN2OS. The summed E-state index contributed by atoms with van der Waals surface area (Å²) in [6.07, 6.45) is 0. The molecule has 1 aromatic heterocycles. The zero-order valence-corrected chi connectivity index (χ0v) is 15.1. The molecule has 0 aliphatic rings. The maximum absolute atomic E-state index is 12.4. The van der Waals surface area contributed by atoms with Crippen LogP contribution in [0.25, 0.3) is 11.0 Å². The molecule has 0 saturated heterocycles. The number of aromatic nitrogens is 2. The number of nitrogens with zero attached hydrogens (tertiary/aromatic N) is 1. The van der Waals surface area contributed by atoms with Gasteiger partial charge in [0.25, 0.3) is 0 Å². The number of fused-ring (bicyclic) bond motifs is 1. The number of thioether (sulfide) groups is 1. The Morgan fingerprint density at radius 1 is 1.45 bits per heavy atom. The Balaban J connectivity index is 0.00000200. The number of H-pyrrole nitrogens is 1. The van der Waals surface area contributed by atoms with E-state index in [1.165, 1.54) is 0 Å². The molecule has 102 valence electrons. The van der Waals surface area contributed by atoms with Crippen LogP contribution in [-0.2, 0) is 0 Å². The Kier molecular flexibility index (Phi) is 6.68. The predicted molar refractivity (Wildman–Crippen MR) is 71.6 cm³/mol. The van der Waals surface area contributed by atoms with Gasteiger partial charge in [-0.25, -0.2) is 4.98 Å². The van der Waals surface area contributed by atoms with Gasteiger partial charge in [-0.15, -0.1) is 12.1 Å². The van der Waals surface area contributed by atoms with Gasteiger partial charge in [-0.1, -0.05) is 11.8 Å². The van der Waals surface area contributed by atoms with Gasteiger partial charge in [0.1, 0.15) is 5.75 Å². The molecule has 2 rings (SSSR count). The fourth-order valence-corrected chi connectivity index (χ4v) is 2.27. The van der Waals surface area contributed by atoms with Crippen molar-refractivity contribution >= 4 is 29.8 Å². The molecule has 0 amide bonds. The molecule has 2 aromatic rings. The number of hydrogen-bond acceptors (Lipinski definition) is 3. The monoisotopic (exact) mass is 326 g/mol. The molecule has 3 nitrogen and oxygen atoms in total. The number of nitrogens with one attached hydrogen (secondary N) is 1. The zero-order valence-electron chi connectivity index (χ0n) is 11.1. The van der Waals surface area contributed by atoms with Gasteiger partial charge in [-0.05, 0) is 17.9 Å². The van der Waals surface area contributed by atoms with Gasteiger partial charge in [0.05, 0.1) is 18.1 Å². The first kappa shape index (κ1) is 18.1. The summed E-state index contributed by atoms with van der Waals surface area (Å²) in [6, 6.07) is 5.24. The quantitative estimate of drug-likeness (QED) is 0.646. The fraction of sp³-hybridized carbons (Fsp3) is 0.182. The molecule has 0 radical (unpaired) electrons. The minimum Gasteiger partial charge on any atom is -0.497 e. The van der Waals surface area contributed by atoms with Crippen molar-refractivity contribution in [1.29, 1.82) is 0 Å². The maximum atomic E-state index is 12.4. The van der Waals surface area contributed by atoms with E-state index >= 15 is 0 Å². The van der Waals surface area contributed by atoms with Crippen LogP contribution in [0.5, 0.6) is 5.75 Å². The Hall–Kier alpha value is 0.0713. The molecular weight excluding hydrogens is 315 g/mol. The molecule has 1 heterocycles. The average molecular weight is 326 g/mol. The van der Waals surface area contributed by atoms with Crippen LogP contribution < -0.4 is 56.1 Å². The van der Waals surface area contributed by atoms with Gasteiger partial charge in [0.2, 0.25) is 0 Å². The van der Waals surface area contributed by atoms with E-state index in [0.717, 1.165) is 17.3 Å². The standard InChI is InChI=1S/C11H11BF3N2OS.K/c1-7(12(13,14)15)6-19-11-16-9-4-3-8(18-2)5-10(9)17-11;/h3-5H,1,6H2,2H3,(H,16,17);/q-1;+1. The number of methoxy groups -OCH3 is 1. The van der Waals surface area contributed by atoms with Crippen LogP contribution in [0.1, 0.15) is 0 Å². The van der Waals surface area contributed by atoms with Gasteiger partial charge < -0.3 is 22.7 Å². The van der Waals surface area contributed by atoms with Crippen LogP contribution in [0, 0.1) is 0 Å². The number of benzene rings is 1. The normalized spacial score (nSPS) is 11.2. The number of ether oxygens (including phenoxy) is 1. The summed E-state index contributed by atoms with van der Waals surface area (Å²) in [6.45, 7) is -1.94. The smallest absolute Gasteiger partial charge is 0.497 e. The number of halogens is 3. The molecule has 1 aromatic carbocycles. The van der Waals surface area contributed by atoms with Crippen LogP contribution in [0.3, 0.4) is 0 Å². The molecule has 1 N–H and O–H groups in total. The van der Waals surface area contributed by atoms with Crippen molar-refractivity contribution in [1.82, 2.24) is 9.97 Å². The van der Waals surface area contributed by atoms with Crippen molar-refractivity contribution in [3.63, 3.8) is 0 Å². The second-order valence-corrected chi connectivity index (χ2v) is 4.91. The van der Waals surface area contributed by atoms with Crippen LogP contribution in [0.15, 0.2) is 35.4 Å². The van der Waals surface area contributed by atoms with E-state index in [2.05, 4.69) is 16.5 Å². The Labute approximate surface area is 161 Å². The second kappa shape index (κ2) is 7.37. The third-order valence-corrected chi connectivity index (χ3v) is 3.51. The van der Waals surface area contributed by atoms with E-state index in [-0.39, 0.29) is 57.1 Å². The molecule has 9 heteroatoms. The molecule has 0 saturated carbocycles. The number of imidazole rings is 1. The van der Waals surface area contributed by atoms with Crippen LogP contribution in [-0.4, -0.2) is 29.8 Å². The van der Waals surface area contributed by atoms with E-state index in [4.69, 9.17) is 4.74 Å². The summed E-state index contributed by atoms with van der Waals surface area (Å²) in [5, 5.41) is 0.435. The van der Waals surface area contributed by atoms with E-state index in [1.54, 1.807) is 25.3 Å². The molecule has 0 atom stereocenters.